The molecule has 1 rings (SSSR count). The second kappa shape index (κ2) is 11.6. The highest BCUT2D eigenvalue weighted by atomic mass is 127. The highest BCUT2D eigenvalue weighted by Gasteiger charge is 2.16. The summed E-state index contributed by atoms with van der Waals surface area (Å²) in [6.45, 7) is 8.11. The Morgan fingerprint density at radius 1 is 1.25 bits per heavy atom. The Labute approximate surface area is 161 Å². The normalized spacial score (nSPS) is 11.8. The van der Waals surface area contributed by atoms with Gasteiger partial charge in [-0.05, 0) is 38.5 Å². The van der Waals surface area contributed by atoms with Crippen LogP contribution in [0.3, 0.4) is 0 Å². The number of halogens is 2. The summed E-state index contributed by atoms with van der Waals surface area (Å²) in [4.78, 5) is 4.53. The van der Waals surface area contributed by atoms with Crippen molar-refractivity contribution in [2.45, 2.75) is 39.5 Å². The van der Waals surface area contributed by atoms with Crippen molar-refractivity contribution in [2.75, 3.05) is 27.3 Å². The van der Waals surface area contributed by atoms with Crippen LogP contribution in [0.5, 0.6) is 0 Å². The monoisotopic (exact) mass is 453 g/mol. The minimum absolute atomic E-state index is 0. The Hall–Kier alpha value is -0.930. The van der Waals surface area contributed by atoms with Gasteiger partial charge in [0.2, 0.25) is 0 Å². The lowest BCUT2D eigenvalue weighted by molar-refractivity contribution is 0.0268. The van der Waals surface area contributed by atoms with E-state index < -0.39 is 0 Å². The average Bonchev–Trinajstić information content (AvgIpc) is 2.53. The smallest absolute Gasteiger partial charge is 0.191 e. The minimum atomic E-state index is -0.280. The number of benzene rings is 1. The van der Waals surface area contributed by atoms with Gasteiger partial charge in [-0.25, -0.2) is 9.38 Å². The molecule has 1 aromatic rings. The van der Waals surface area contributed by atoms with Crippen molar-refractivity contribution >= 4 is 29.9 Å². The molecule has 0 saturated carbocycles. The topological polar surface area (TPSA) is 54.9 Å². The largest absolute Gasteiger partial charge is 0.380 e. The Morgan fingerprint density at radius 3 is 2.54 bits per heavy atom. The third kappa shape index (κ3) is 8.25. The summed E-state index contributed by atoms with van der Waals surface area (Å²) in [5.74, 6) is 0.446. The fourth-order valence-corrected chi connectivity index (χ4v) is 1.87. The zero-order chi connectivity index (χ0) is 17.3. The van der Waals surface area contributed by atoms with Crippen molar-refractivity contribution in [1.29, 1.82) is 0 Å². The average molecular weight is 453 g/mol. The summed E-state index contributed by atoms with van der Waals surface area (Å²) >= 11 is 0. The van der Waals surface area contributed by atoms with Crippen molar-refractivity contribution < 1.29 is 13.9 Å². The maximum atomic E-state index is 13.6. The number of guanidine groups is 1. The van der Waals surface area contributed by atoms with Gasteiger partial charge >= 0.3 is 0 Å². The molecular weight excluding hydrogens is 424 g/mol. The van der Waals surface area contributed by atoms with Crippen molar-refractivity contribution in [3.05, 3.63) is 35.1 Å². The third-order valence-electron chi connectivity index (χ3n) is 3.41. The van der Waals surface area contributed by atoms with E-state index in [1.807, 2.05) is 20.8 Å². The molecule has 0 unspecified atom stereocenters. The number of nitrogens with zero attached hydrogens (tertiary/aromatic N) is 1. The van der Waals surface area contributed by atoms with E-state index in [1.165, 1.54) is 6.07 Å². The van der Waals surface area contributed by atoms with Crippen LogP contribution in [-0.4, -0.2) is 38.9 Å². The molecule has 0 saturated heterocycles. The number of aliphatic imine (C=N–C) groups is 1. The second-order valence-electron chi connectivity index (χ2n) is 5.87. The van der Waals surface area contributed by atoms with Crippen LogP contribution in [-0.2, 0) is 22.6 Å². The van der Waals surface area contributed by atoms with Crippen molar-refractivity contribution in [3.8, 4) is 0 Å². The number of ether oxygens (including phenoxy) is 2. The van der Waals surface area contributed by atoms with Gasteiger partial charge in [0, 0.05) is 32.9 Å². The maximum Gasteiger partial charge on any atom is 0.191 e. The predicted octanol–water partition coefficient (Wildman–Crippen LogP) is 3.07. The van der Waals surface area contributed by atoms with Gasteiger partial charge in [-0.1, -0.05) is 6.07 Å². The summed E-state index contributed by atoms with van der Waals surface area (Å²) in [5, 5.41) is 6.43. The van der Waals surface area contributed by atoms with Crippen molar-refractivity contribution in [3.63, 3.8) is 0 Å². The van der Waals surface area contributed by atoms with E-state index >= 15 is 0 Å². The SMILES string of the molecule is CCNC(=NCc1ccc(F)c(COC)c1)NCC(C)(C)OC.I. The molecule has 0 amide bonds. The van der Waals surface area contributed by atoms with Crippen LogP contribution in [0.2, 0.25) is 0 Å². The van der Waals surface area contributed by atoms with Gasteiger partial charge in [0.15, 0.2) is 5.96 Å². The fourth-order valence-electron chi connectivity index (χ4n) is 1.87. The van der Waals surface area contributed by atoms with Gasteiger partial charge in [0.1, 0.15) is 5.82 Å². The first kappa shape index (κ1) is 23.1. The number of nitrogens with one attached hydrogen (secondary N) is 2. The van der Waals surface area contributed by atoms with E-state index in [2.05, 4.69) is 15.6 Å². The molecule has 7 heteroatoms. The van der Waals surface area contributed by atoms with Gasteiger partial charge < -0.3 is 20.1 Å². The Balaban J connectivity index is 0.00000529. The number of rotatable bonds is 8. The van der Waals surface area contributed by atoms with E-state index in [0.29, 0.717) is 24.6 Å². The van der Waals surface area contributed by atoms with Crippen LogP contribution >= 0.6 is 24.0 Å². The molecule has 2 N–H and O–H groups in total. The highest BCUT2D eigenvalue weighted by Crippen LogP contribution is 2.12. The van der Waals surface area contributed by atoms with Gasteiger partial charge in [0.25, 0.3) is 0 Å². The molecule has 138 valence electrons. The number of hydrogen-bond acceptors (Lipinski definition) is 3. The first-order chi connectivity index (χ1) is 10.9. The zero-order valence-electron chi connectivity index (χ0n) is 15.1. The Kier molecular flexibility index (Phi) is 11.1. The van der Waals surface area contributed by atoms with Crippen LogP contribution in [0.25, 0.3) is 0 Å². The lowest BCUT2D eigenvalue weighted by Gasteiger charge is -2.24. The second-order valence-corrected chi connectivity index (χ2v) is 5.87. The molecule has 1 aromatic carbocycles. The van der Waals surface area contributed by atoms with Crippen LogP contribution in [0.1, 0.15) is 31.9 Å². The molecule has 5 nitrogen and oxygen atoms in total. The summed E-state index contributed by atoms with van der Waals surface area (Å²) in [6.07, 6.45) is 0. The molecular formula is C17H29FIN3O2. The molecule has 0 aromatic heterocycles. The van der Waals surface area contributed by atoms with Crippen LogP contribution in [0.4, 0.5) is 4.39 Å². The molecule has 0 aliphatic rings. The lowest BCUT2D eigenvalue weighted by atomic mass is 10.1. The van der Waals surface area contributed by atoms with Gasteiger partial charge in [-0.2, -0.15) is 0 Å². The summed E-state index contributed by atoms with van der Waals surface area (Å²) in [6, 6.07) is 4.97. The fraction of sp³-hybridized carbons (Fsp3) is 0.588. The van der Waals surface area contributed by atoms with Gasteiger partial charge in [-0.15, -0.1) is 24.0 Å². The molecule has 0 atom stereocenters. The molecule has 0 radical (unpaired) electrons. The van der Waals surface area contributed by atoms with Crippen molar-refractivity contribution in [2.24, 2.45) is 4.99 Å². The quantitative estimate of drug-likeness (QED) is 0.361. The predicted molar refractivity (Wildman–Crippen MR) is 106 cm³/mol. The van der Waals surface area contributed by atoms with Gasteiger partial charge in [0.05, 0.1) is 18.8 Å². The third-order valence-corrected chi connectivity index (χ3v) is 3.41. The molecule has 0 bridgehead atoms. The first-order valence-electron chi connectivity index (χ1n) is 7.75. The number of hydrogen-bond donors (Lipinski definition) is 2. The summed E-state index contributed by atoms with van der Waals surface area (Å²) < 4.78 is 24.0. The van der Waals surface area contributed by atoms with E-state index in [-0.39, 0.29) is 42.0 Å². The van der Waals surface area contributed by atoms with E-state index in [4.69, 9.17) is 9.47 Å². The van der Waals surface area contributed by atoms with Crippen molar-refractivity contribution in [1.82, 2.24) is 10.6 Å². The molecule has 0 heterocycles. The lowest BCUT2D eigenvalue weighted by Crippen LogP contribution is -2.45. The highest BCUT2D eigenvalue weighted by molar-refractivity contribution is 14.0. The Bertz CT molecular complexity index is 525. The van der Waals surface area contributed by atoms with Crippen LogP contribution in [0, 0.1) is 5.82 Å². The van der Waals surface area contributed by atoms with E-state index in [1.54, 1.807) is 26.4 Å². The minimum Gasteiger partial charge on any atom is -0.380 e. The Morgan fingerprint density at radius 2 is 1.96 bits per heavy atom. The standard InChI is InChI=1S/C17H28FN3O2.HI/c1-6-19-16(21-12-17(2,3)23-5)20-10-13-7-8-15(18)14(9-13)11-22-4;/h7-9H,6,10-12H2,1-5H3,(H2,19,20,21);1H. The maximum absolute atomic E-state index is 13.6. The molecule has 0 spiro atoms. The summed E-state index contributed by atoms with van der Waals surface area (Å²) in [5.41, 5.74) is 1.19. The van der Waals surface area contributed by atoms with Crippen LogP contribution < -0.4 is 10.6 Å². The molecule has 0 aliphatic carbocycles. The summed E-state index contributed by atoms with van der Waals surface area (Å²) in [7, 11) is 3.23. The molecule has 0 fully saturated rings. The zero-order valence-corrected chi connectivity index (χ0v) is 17.4. The first-order valence-corrected chi connectivity index (χ1v) is 7.75. The molecule has 0 aliphatic heterocycles. The number of methoxy groups -OCH3 is 2. The van der Waals surface area contributed by atoms with Gasteiger partial charge in [-0.3, -0.25) is 0 Å². The van der Waals surface area contributed by atoms with E-state index in [0.717, 1.165) is 12.1 Å². The van der Waals surface area contributed by atoms with Crippen LogP contribution in [0.15, 0.2) is 23.2 Å². The van der Waals surface area contributed by atoms with E-state index in [9.17, 15) is 4.39 Å². The molecule has 24 heavy (non-hydrogen) atoms.